The van der Waals surface area contributed by atoms with E-state index in [0.717, 1.165) is 31.5 Å². The standard InChI is InChI=1S/C14H20N2O2/c1-2-13(11-6-4-3-5-7-11)18-14(17)16-12-8-9-15-10-12/h3-7,12-13,15H,2,8-10H2,1H3,(H,16,17)/t12?,13-/m0/s1. The van der Waals surface area contributed by atoms with Crippen LogP contribution in [-0.2, 0) is 4.74 Å². The first kappa shape index (κ1) is 12.9. The summed E-state index contributed by atoms with van der Waals surface area (Å²) in [6, 6.07) is 10.0. The molecule has 4 nitrogen and oxygen atoms in total. The lowest BCUT2D eigenvalue weighted by atomic mass is 10.1. The molecular weight excluding hydrogens is 228 g/mol. The summed E-state index contributed by atoms with van der Waals surface area (Å²) in [5, 5.41) is 6.10. The monoisotopic (exact) mass is 248 g/mol. The van der Waals surface area contributed by atoms with Gasteiger partial charge in [0.25, 0.3) is 0 Å². The summed E-state index contributed by atoms with van der Waals surface area (Å²) in [6.45, 7) is 3.81. The number of hydrogen-bond acceptors (Lipinski definition) is 3. The molecule has 98 valence electrons. The Labute approximate surface area is 108 Å². The molecule has 1 amide bonds. The maximum atomic E-state index is 11.8. The number of rotatable bonds is 4. The van der Waals surface area contributed by atoms with Gasteiger partial charge in [0.1, 0.15) is 6.10 Å². The zero-order valence-electron chi connectivity index (χ0n) is 10.7. The van der Waals surface area contributed by atoms with Crippen LogP contribution in [0.4, 0.5) is 4.79 Å². The van der Waals surface area contributed by atoms with Crippen LogP contribution in [-0.4, -0.2) is 25.2 Å². The first-order valence-electron chi connectivity index (χ1n) is 6.52. The van der Waals surface area contributed by atoms with E-state index >= 15 is 0 Å². The predicted octanol–water partition coefficient (Wildman–Crippen LogP) is 2.23. The normalized spacial score (nSPS) is 20.4. The van der Waals surface area contributed by atoms with Crippen LogP contribution >= 0.6 is 0 Å². The molecule has 1 fully saturated rings. The van der Waals surface area contributed by atoms with E-state index in [0.29, 0.717) is 0 Å². The Hall–Kier alpha value is -1.55. The topological polar surface area (TPSA) is 50.4 Å². The lowest BCUT2D eigenvalue weighted by Crippen LogP contribution is -2.37. The minimum Gasteiger partial charge on any atom is -0.441 e. The molecule has 0 aliphatic carbocycles. The van der Waals surface area contributed by atoms with Crippen molar-refractivity contribution in [3.05, 3.63) is 35.9 Å². The number of ether oxygens (including phenoxy) is 1. The molecule has 4 heteroatoms. The van der Waals surface area contributed by atoms with Crippen molar-refractivity contribution in [2.24, 2.45) is 0 Å². The number of amides is 1. The Morgan fingerprint density at radius 2 is 2.28 bits per heavy atom. The van der Waals surface area contributed by atoms with E-state index in [-0.39, 0.29) is 18.2 Å². The van der Waals surface area contributed by atoms with Crippen LogP contribution < -0.4 is 10.6 Å². The van der Waals surface area contributed by atoms with Crippen LogP contribution in [0.3, 0.4) is 0 Å². The number of alkyl carbamates (subject to hydrolysis) is 1. The van der Waals surface area contributed by atoms with Gasteiger partial charge in [0.2, 0.25) is 0 Å². The van der Waals surface area contributed by atoms with Crippen LogP contribution in [0.5, 0.6) is 0 Å². The van der Waals surface area contributed by atoms with Gasteiger partial charge in [-0.3, -0.25) is 0 Å². The van der Waals surface area contributed by atoms with Gasteiger partial charge in [0, 0.05) is 12.6 Å². The van der Waals surface area contributed by atoms with E-state index in [1.54, 1.807) is 0 Å². The second-order valence-corrected chi connectivity index (χ2v) is 4.55. The molecule has 2 atom stereocenters. The molecule has 0 bridgehead atoms. The van der Waals surface area contributed by atoms with Crippen molar-refractivity contribution in [1.29, 1.82) is 0 Å². The number of carbonyl (C=O) groups is 1. The largest absolute Gasteiger partial charge is 0.441 e. The van der Waals surface area contributed by atoms with Crippen molar-refractivity contribution in [3.63, 3.8) is 0 Å². The lowest BCUT2D eigenvalue weighted by Gasteiger charge is -2.18. The second kappa shape index (κ2) is 6.40. The third kappa shape index (κ3) is 3.47. The minimum atomic E-state index is -0.320. The maximum absolute atomic E-state index is 11.8. The molecule has 0 saturated carbocycles. The van der Waals surface area contributed by atoms with Crippen LogP contribution in [0, 0.1) is 0 Å². The highest BCUT2D eigenvalue weighted by molar-refractivity contribution is 5.68. The first-order chi connectivity index (χ1) is 8.79. The lowest BCUT2D eigenvalue weighted by molar-refractivity contribution is 0.0927. The van der Waals surface area contributed by atoms with Crippen LogP contribution in [0.1, 0.15) is 31.4 Å². The molecule has 1 unspecified atom stereocenters. The fourth-order valence-corrected chi connectivity index (χ4v) is 2.16. The Kier molecular flexibility index (Phi) is 4.59. The zero-order valence-corrected chi connectivity index (χ0v) is 10.7. The summed E-state index contributed by atoms with van der Waals surface area (Å²) in [5.41, 5.74) is 1.04. The Morgan fingerprint density at radius 3 is 2.89 bits per heavy atom. The number of benzene rings is 1. The van der Waals surface area contributed by atoms with Gasteiger partial charge < -0.3 is 15.4 Å². The molecule has 2 rings (SSSR count). The van der Waals surface area contributed by atoms with E-state index in [2.05, 4.69) is 10.6 Å². The molecule has 1 aromatic rings. The van der Waals surface area contributed by atoms with Crippen molar-refractivity contribution in [3.8, 4) is 0 Å². The molecule has 1 saturated heterocycles. The van der Waals surface area contributed by atoms with Crippen molar-refractivity contribution in [1.82, 2.24) is 10.6 Å². The Bertz CT molecular complexity index is 375. The van der Waals surface area contributed by atoms with Crippen molar-refractivity contribution in [2.45, 2.75) is 31.9 Å². The van der Waals surface area contributed by atoms with Gasteiger partial charge in [0.15, 0.2) is 0 Å². The average Bonchev–Trinajstić information content (AvgIpc) is 2.90. The van der Waals surface area contributed by atoms with Crippen molar-refractivity contribution >= 4 is 6.09 Å². The number of nitrogens with one attached hydrogen (secondary N) is 2. The molecule has 1 aliphatic rings. The van der Waals surface area contributed by atoms with Crippen molar-refractivity contribution < 1.29 is 9.53 Å². The summed E-state index contributed by atoms with van der Waals surface area (Å²) < 4.78 is 5.47. The summed E-state index contributed by atoms with van der Waals surface area (Å²) in [5.74, 6) is 0. The predicted molar refractivity (Wildman–Crippen MR) is 70.4 cm³/mol. The molecule has 0 spiro atoms. The van der Waals surface area contributed by atoms with Crippen LogP contribution in [0.15, 0.2) is 30.3 Å². The number of hydrogen-bond donors (Lipinski definition) is 2. The summed E-state index contributed by atoms with van der Waals surface area (Å²) in [4.78, 5) is 11.8. The van der Waals surface area contributed by atoms with E-state index in [1.807, 2.05) is 37.3 Å². The average molecular weight is 248 g/mol. The van der Waals surface area contributed by atoms with Gasteiger partial charge >= 0.3 is 6.09 Å². The fourth-order valence-electron chi connectivity index (χ4n) is 2.16. The summed E-state index contributed by atoms with van der Waals surface area (Å²) in [6.07, 6.45) is 1.26. The van der Waals surface area contributed by atoms with E-state index in [1.165, 1.54) is 0 Å². The minimum absolute atomic E-state index is 0.166. The third-order valence-electron chi connectivity index (χ3n) is 3.17. The highest BCUT2D eigenvalue weighted by Gasteiger charge is 2.20. The van der Waals surface area contributed by atoms with Gasteiger partial charge in [-0.2, -0.15) is 0 Å². The summed E-state index contributed by atoms with van der Waals surface area (Å²) in [7, 11) is 0. The van der Waals surface area contributed by atoms with Crippen LogP contribution in [0.2, 0.25) is 0 Å². The molecule has 1 aromatic carbocycles. The second-order valence-electron chi connectivity index (χ2n) is 4.55. The molecule has 2 N–H and O–H groups in total. The quantitative estimate of drug-likeness (QED) is 0.859. The van der Waals surface area contributed by atoms with Gasteiger partial charge in [-0.25, -0.2) is 4.79 Å². The third-order valence-corrected chi connectivity index (χ3v) is 3.17. The van der Waals surface area contributed by atoms with Gasteiger partial charge in [-0.15, -0.1) is 0 Å². The maximum Gasteiger partial charge on any atom is 0.408 e. The highest BCUT2D eigenvalue weighted by Crippen LogP contribution is 2.20. The van der Waals surface area contributed by atoms with Gasteiger partial charge in [-0.05, 0) is 24.9 Å². The molecular formula is C14H20N2O2. The Morgan fingerprint density at radius 1 is 1.50 bits per heavy atom. The van der Waals surface area contributed by atoms with Crippen LogP contribution in [0.25, 0.3) is 0 Å². The number of carbonyl (C=O) groups excluding carboxylic acids is 1. The molecule has 1 heterocycles. The van der Waals surface area contributed by atoms with E-state index < -0.39 is 0 Å². The van der Waals surface area contributed by atoms with E-state index in [4.69, 9.17) is 4.74 Å². The SMILES string of the molecule is CC[C@H](OC(=O)NC1CCNC1)c1ccccc1. The fraction of sp³-hybridized carbons (Fsp3) is 0.500. The molecule has 0 radical (unpaired) electrons. The molecule has 1 aliphatic heterocycles. The van der Waals surface area contributed by atoms with Gasteiger partial charge in [-0.1, -0.05) is 37.3 Å². The molecule has 18 heavy (non-hydrogen) atoms. The smallest absolute Gasteiger partial charge is 0.408 e. The Balaban J connectivity index is 1.87. The van der Waals surface area contributed by atoms with Crippen molar-refractivity contribution in [2.75, 3.05) is 13.1 Å². The highest BCUT2D eigenvalue weighted by atomic mass is 16.6. The zero-order chi connectivity index (χ0) is 12.8. The first-order valence-corrected chi connectivity index (χ1v) is 6.52. The molecule has 0 aromatic heterocycles. The summed E-state index contributed by atoms with van der Waals surface area (Å²) >= 11 is 0. The van der Waals surface area contributed by atoms with Gasteiger partial charge in [0.05, 0.1) is 0 Å². The van der Waals surface area contributed by atoms with E-state index in [9.17, 15) is 4.79 Å².